The number of carbonyl (C=O) groups is 1. The maximum absolute atomic E-state index is 10.8. The lowest BCUT2D eigenvalue weighted by atomic mass is 10.2. The summed E-state index contributed by atoms with van der Waals surface area (Å²) in [6.07, 6.45) is 7.65. The van der Waals surface area contributed by atoms with Crippen LogP contribution in [0.25, 0.3) is 0 Å². The smallest absolute Gasteiger partial charge is 0.172 e. The van der Waals surface area contributed by atoms with Crippen LogP contribution in [0.5, 0.6) is 0 Å². The Morgan fingerprint density at radius 3 is 2.80 bits per heavy atom. The molecule has 0 amide bonds. The van der Waals surface area contributed by atoms with Crippen molar-refractivity contribution in [3.05, 3.63) is 11.4 Å². The highest BCUT2D eigenvalue weighted by Crippen LogP contribution is 2.30. The Bertz CT molecular complexity index is 340. The lowest BCUT2D eigenvalue weighted by Gasteiger charge is -2.12. The lowest BCUT2D eigenvalue weighted by molar-refractivity contribution is 0.111. The van der Waals surface area contributed by atoms with Gasteiger partial charge < -0.3 is 0 Å². The van der Waals surface area contributed by atoms with Gasteiger partial charge >= 0.3 is 0 Å². The van der Waals surface area contributed by atoms with Crippen molar-refractivity contribution in [3.8, 4) is 0 Å². The Balaban J connectivity index is 2.28. The van der Waals surface area contributed by atoms with Gasteiger partial charge in [-0.25, -0.2) is 4.68 Å². The van der Waals surface area contributed by atoms with E-state index >= 15 is 0 Å². The van der Waals surface area contributed by atoms with Crippen molar-refractivity contribution in [3.63, 3.8) is 0 Å². The molecule has 0 atom stereocenters. The van der Waals surface area contributed by atoms with Gasteiger partial charge in [0.25, 0.3) is 0 Å². The van der Waals surface area contributed by atoms with Gasteiger partial charge in [-0.1, -0.05) is 31.4 Å². The summed E-state index contributed by atoms with van der Waals surface area (Å²) >= 11 is 0. The van der Waals surface area contributed by atoms with Crippen LogP contribution in [0.15, 0.2) is 0 Å². The molecule has 0 bridgehead atoms. The van der Waals surface area contributed by atoms with Crippen LogP contribution in [0, 0.1) is 0 Å². The van der Waals surface area contributed by atoms with E-state index in [2.05, 4.69) is 17.2 Å². The largest absolute Gasteiger partial charge is 0.296 e. The SMILES string of the molecule is CCCc1c(C=O)nnn1C1CCCC1. The molecule has 0 radical (unpaired) electrons. The molecule has 82 valence electrons. The van der Waals surface area contributed by atoms with E-state index in [4.69, 9.17) is 0 Å². The Morgan fingerprint density at radius 1 is 1.47 bits per heavy atom. The zero-order chi connectivity index (χ0) is 10.7. The van der Waals surface area contributed by atoms with Gasteiger partial charge in [0.05, 0.1) is 11.7 Å². The Hall–Kier alpha value is -1.19. The van der Waals surface area contributed by atoms with Crippen LogP contribution in [0.1, 0.15) is 61.3 Å². The van der Waals surface area contributed by atoms with Gasteiger partial charge in [0.2, 0.25) is 0 Å². The standard InChI is InChI=1S/C11H17N3O/c1-2-5-11-10(8-15)12-13-14(11)9-6-3-4-7-9/h8-9H,2-7H2,1H3. The average Bonchev–Trinajstić information content (AvgIpc) is 2.85. The van der Waals surface area contributed by atoms with Crippen molar-refractivity contribution in [2.45, 2.75) is 51.5 Å². The predicted molar refractivity (Wildman–Crippen MR) is 56.9 cm³/mol. The highest BCUT2D eigenvalue weighted by molar-refractivity contribution is 5.73. The van der Waals surface area contributed by atoms with Crippen LogP contribution in [0.3, 0.4) is 0 Å². The summed E-state index contributed by atoms with van der Waals surface area (Å²) in [5.74, 6) is 0. The fourth-order valence-corrected chi connectivity index (χ4v) is 2.34. The summed E-state index contributed by atoms with van der Waals surface area (Å²) in [5, 5.41) is 8.07. The molecule has 0 aromatic carbocycles. The highest BCUT2D eigenvalue weighted by Gasteiger charge is 2.22. The van der Waals surface area contributed by atoms with Crippen LogP contribution in [-0.2, 0) is 6.42 Å². The van der Waals surface area contributed by atoms with Gasteiger partial charge in [-0.2, -0.15) is 0 Å². The second-order valence-electron chi connectivity index (χ2n) is 4.17. The molecule has 2 rings (SSSR count). The molecule has 0 spiro atoms. The van der Waals surface area contributed by atoms with E-state index in [0.717, 1.165) is 24.8 Å². The van der Waals surface area contributed by atoms with E-state index in [1.165, 1.54) is 25.7 Å². The Labute approximate surface area is 89.7 Å². The third-order valence-corrected chi connectivity index (χ3v) is 3.09. The summed E-state index contributed by atoms with van der Waals surface area (Å²) in [7, 11) is 0. The molecule has 1 saturated carbocycles. The minimum Gasteiger partial charge on any atom is -0.296 e. The second-order valence-corrected chi connectivity index (χ2v) is 4.17. The van der Waals surface area contributed by atoms with Crippen LogP contribution >= 0.6 is 0 Å². The molecule has 0 saturated heterocycles. The van der Waals surface area contributed by atoms with Gasteiger partial charge in [-0.15, -0.1) is 5.10 Å². The van der Waals surface area contributed by atoms with Gasteiger partial charge in [0, 0.05) is 0 Å². The zero-order valence-electron chi connectivity index (χ0n) is 9.15. The van der Waals surface area contributed by atoms with E-state index in [0.29, 0.717) is 11.7 Å². The predicted octanol–water partition coefficient (Wildman–Crippen LogP) is 2.16. The van der Waals surface area contributed by atoms with E-state index < -0.39 is 0 Å². The molecule has 1 heterocycles. The molecule has 0 N–H and O–H groups in total. The lowest BCUT2D eigenvalue weighted by Crippen LogP contribution is -2.11. The van der Waals surface area contributed by atoms with E-state index in [9.17, 15) is 4.79 Å². The molecule has 0 aliphatic heterocycles. The van der Waals surface area contributed by atoms with Crippen LogP contribution < -0.4 is 0 Å². The molecule has 1 aliphatic rings. The average molecular weight is 207 g/mol. The van der Waals surface area contributed by atoms with Crippen molar-refractivity contribution < 1.29 is 4.79 Å². The molecule has 1 aliphatic carbocycles. The summed E-state index contributed by atoms with van der Waals surface area (Å²) < 4.78 is 1.99. The van der Waals surface area contributed by atoms with Gasteiger partial charge in [-0.3, -0.25) is 4.79 Å². The number of aromatic nitrogens is 3. The monoisotopic (exact) mass is 207 g/mol. The molecular weight excluding hydrogens is 190 g/mol. The number of hydrogen-bond donors (Lipinski definition) is 0. The molecule has 1 fully saturated rings. The molecule has 0 unspecified atom stereocenters. The van der Waals surface area contributed by atoms with E-state index in [1.54, 1.807) is 0 Å². The normalized spacial score (nSPS) is 17.1. The summed E-state index contributed by atoms with van der Waals surface area (Å²) in [5.41, 5.74) is 1.56. The van der Waals surface area contributed by atoms with Gasteiger partial charge in [0.15, 0.2) is 6.29 Å². The van der Waals surface area contributed by atoms with Crippen molar-refractivity contribution in [1.82, 2.24) is 15.0 Å². The minimum absolute atomic E-state index is 0.479. The number of carbonyl (C=O) groups excluding carboxylic acids is 1. The first-order valence-electron chi connectivity index (χ1n) is 5.76. The third kappa shape index (κ3) is 1.94. The number of hydrogen-bond acceptors (Lipinski definition) is 3. The van der Waals surface area contributed by atoms with Crippen LogP contribution in [0.4, 0.5) is 0 Å². The molecule has 4 nitrogen and oxygen atoms in total. The van der Waals surface area contributed by atoms with Gasteiger partial charge in [-0.05, 0) is 19.3 Å². The molecule has 1 aromatic heterocycles. The summed E-state index contributed by atoms with van der Waals surface area (Å²) in [6, 6.07) is 0.479. The fraction of sp³-hybridized carbons (Fsp3) is 0.727. The van der Waals surface area contributed by atoms with Crippen molar-refractivity contribution >= 4 is 6.29 Å². The molecule has 1 aromatic rings. The molecular formula is C11H17N3O. The quantitative estimate of drug-likeness (QED) is 0.711. The van der Waals surface area contributed by atoms with E-state index in [-0.39, 0.29) is 0 Å². The molecule has 15 heavy (non-hydrogen) atoms. The minimum atomic E-state index is 0.479. The maximum atomic E-state index is 10.8. The van der Waals surface area contributed by atoms with Gasteiger partial charge in [0.1, 0.15) is 5.69 Å². The summed E-state index contributed by atoms with van der Waals surface area (Å²) in [4.78, 5) is 10.8. The van der Waals surface area contributed by atoms with Crippen molar-refractivity contribution in [2.75, 3.05) is 0 Å². The molecule has 4 heteroatoms. The number of aldehydes is 1. The Morgan fingerprint density at radius 2 is 2.20 bits per heavy atom. The zero-order valence-corrected chi connectivity index (χ0v) is 9.15. The maximum Gasteiger partial charge on any atom is 0.172 e. The fourth-order valence-electron chi connectivity index (χ4n) is 2.34. The van der Waals surface area contributed by atoms with Crippen molar-refractivity contribution in [1.29, 1.82) is 0 Å². The second kappa shape index (κ2) is 4.55. The van der Waals surface area contributed by atoms with Crippen LogP contribution in [-0.4, -0.2) is 21.3 Å². The summed E-state index contributed by atoms with van der Waals surface area (Å²) in [6.45, 7) is 2.11. The first kappa shape index (κ1) is 10.3. The number of nitrogens with zero attached hydrogens (tertiary/aromatic N) is 3. The van der Waals surface area contributed by atoms with E-state index in [1.807, 2.05) is 4.68 Å². The van der Waals surface area contributed by atoms with Crippen LogP contribution in [0.2, 0.25) is 0 Å². The Kier molecular flexibility index (Phi) is 3.14. The third-order valence-electron chi connectivity index (χ3n) is 3.09. The first-order chi connectivity index (χ1) is 7.36. The topological polar surface area (TPSA) is 47.8 Å². The number of rotatable bonds is 4. The first-order valence-corrected chi connectivity index (χ1v) is 5.76. The van der Waals surface area contributed by atoms with Crippen molar-refractivity contribution in [2.24, 2.45) is 0 Å². The highest BCUT2D eigenvalue weighted by atomic mass is 16.1.